The number of hydrogen-bond donors (Lipinski definition) is 2. The third-order valence-corrected chi connectivity index (χ3v) is 2.38. The molecule has 0 aliphatic carbocycles. The third-order valence-electron chi connectivity index (χ3n) is 2.38. The maximum Gasteiger partial charge on any atom is 0.471 e. The smallest absolute Gasteiger partial charge is 0.353 e. The zero-order chi connectivity index (χ0) is 14.7. The van der Waals surface area contributed by atoms with E-state index in [1.54, 1.807) is 0 Å². The molecule has 0 saturated carbocycles. The number of hydrogen-bond acceptors (Lipinski definition) is 2. The second-order valence-corrected chi connectivity index (χ2v) is 4.02. The van der Waals surface area contributed by atoms with E-state index >= 15 is 0 Å². The maximum absolute atomic E-state index is 11.8. The molecule has 2 N–H and O–H groups in total. The van der Waals surface area contributed by atoms with Crippen LogP contribution >= 0.6 is 0 Å². The summed E-state index contributed by atoms with van der Waals surface area (Å²) in [6.45, 7) is 3.91. The lowest BCUT2D eigenvalue weighted by Crippen LogP contribution is -2.37. The largest absolute Gasteiger partial charge is 0.471 e. The van der Waals surface area contributed by atoms with Crippen LogP contribution in [-0.4, -0.2) is 31.1 Å². The van der Waals surface area contributed by atoms with Crippen molar-refractivity contribution in [3.05, 3.63) is 12.7 Å². The van der Waals surface area contributed by atoms with Gasteiger partial charge >= 0.3 is 12.1 Å². The second-order valence-electron chi connectivity index (χ2n) is 4.02. The molecule has 19 heavy (non-hydrogen) atoms. The Bertz CT molecular complexity index is 304. The molecule has 110 valence electrons. The second kappa shape index (κ2) is 9.41. The zero-order valence-electron chi connectivity index (χ0n) is 10.7. The van der Waals surface area contributed by atoms with Crippen LogP contribution in [0, 0.1) is 0 Å². The topological polar surface area (TPSA) is 58.2 Å². The molecule has 0 unspecified atom stereocenters. The summed E-state index contributed by atoms with van der Waals surface area (Å²) in [7, 11) is 0. The third kappa shape index (κ3) is 10.1. The number of nitrogens with one attached hydrogen (secondary N) is 2. The molecule has 0 aromatic heterocycles. The molecule has 0 spiro atoms. The summed E-state index contributed by atoms with van der Waals surface area (Å²) in [6.07, 6.45) is 0.200. The fraction of sp³-hybridized carbons (Fsp3) is 0.667. The molecule has 0 bridgehead atoms. The Labute approximate surface area is 110 Å². The molecule has 0 aliphatic heterocycles. The van der Waals surface area contributed by atoms with Gasteiger partial charge < -0.3 is 10.6 Å². The van der Waals surface area contributed by atoms with Gasteiger partial charge in [0.05, 0.1) is 0 Å². The van der Waals surface area contributed by atoms with Crippen LogP contribution < -0.4 is 10.6 Å². The van der Waals surface area contributed by atoms with Gasteiger partial charge in [0.1, 0.15) is 0 Å². The van der Waals surface area contributed by atoms with Crippen molar-refractivity contribution < 1.29 is 22.8 Å². The van der Waals surface area contributed by atoms with Crippen molar-refractivity contribution in [3.63, 3.8) is 0 Å². The molecule has 4 nitrogen and oxygen atoms in total. The summed E-state index contributed by atoms with van der Waals surface area (Å²) in [4.78, 5) is 21.2. The molecule has 0 aromatic rings. The van der Waals surface area contributed by atoms with Crippen molar-refractivity contribution in [2.45, 2.75) is 38.3 Å². The van der Waals surface area contributed by atoms with E-state index in [1.165, 1.54) is 6.08 Å². The highest BCUT2D eigenvalue weighted by molar-refractivity contribution is 5.86. The summed E-state index contributed by atoms with van der Waals surface area (Å²) in [5.41, 5.74) is 0. The highest BCUT2D eigenvalue weighted by Crippen LogP contribution is 2.14. The molecule has 0 atom stereocenters. The van der Waals surface area contributed by atoms with Crippen molar-refractivity contribution in [1.29, 1.82) is 0 Å². The molecule has 0 rings (SSSR count). The minimum atomic E-state index is -4.80. The average molecular weight is 280 g/mol. The highest BCUT2D eigenvalue weighted by atomic mass is 19.4. The highest BCUT2D eigenvalue weighted by Gasteiger charge is 2.38. The van der Waals surface area contributed by atoms with E-state index in [1.807, 2.05) is 5.32 Å². The predicted octanol–water partition coefficient (Wildman–Crippen LogP) is 1.92. The van der Waals surface area contributed by atoms with E-state index in [9.17, 15) is 22.8 Å². The minimum absolute atomic E-state index is 0.0333. The maximum atomic E-state index is 11.8. The number of unbranched alkanes of at least 4 members (excludes halogenated alkanes) is 4. The SMILES string of the molecule is C=CC(=O)NCCCCCCCNC(=O)C(F)(F)F. The monoisotopic (exact) mass is 280 g/mol. The quantitative estimate of drug-likeness (QED) is 0.501. The molecular weight excluding hydrogens is 261 g/mol. The first kappa shape index (κ1) is 17.5. The number of carbonyl (C=O) groups excluding carboxylic acids is 2. The molecule has 7 heteroatoms. The fourth-order valence-electron chi connectivity index (χ4n) is 1.37. The van der Waals surface area contributed by atoms with Gasteiger partial charge in [0.15, 0.2) is 0 Å². The van der Waals surface area contributed by atoms with E-state index < -0.39 is 12.1 Å². The van der Waals surface area contributed by atoms with E-state index in [-0.39, 0.29) is 12.5 Å². The van der Waals surface area contributed by atoms with Crippen LogP contribution in [0.2, 0.25) is 0 Å². The predicted molar refractivity (Wildman–Crippen MR) is 65.4 cm³/mol. The summed E-state index contributed by atoms with van der Waals surface area (Å²) >= 11 is 0. The molecule has 0 fully saturated rings. The van der Waals surface area contributed by atoms with Gasteiger partial charge in [-0.3, -0.25) is 9.59 Å². The summed E-state index contributed by atoms with van der Waals surface area (Å²) in [5.74, 6) is -2.10. The Kier molecular flexibility index (Phi) is 8.65. The van der Waals surface area contributed by atoms with Crippen LogP contribution in [0.15, 0.2) is 12.7 Å². The van der Waals surface area contributed by atoms with Gasteiger partial charge in [-0.2, -0.15) is 13.2 Å². The first-order chi connectivity index (χ1) is 8.88. The van der Waals surface area contributed by atoms with Crippen LogP contribution in [0.25, 0.3) is 0 Å². The minimum Gasteiger partial charge on any atom is -0.353 e. The van der Waals surface area contributed by atoms with Crippen LogP contribution in [0.1, 0.15) is 32.1 Å². The van der Waals surface area contributed by atoms with Crippen LogP contribution in [0.3, 0.4) is 0 Å². The van der Waals surface area contributed by atoms with Crippen LogP contribution in [0.5, 0.6) is 0 Å². The number of rotatable bonds is 9. The van der Waals surface area contributed by atoms with Crippen molar-refractivity contribution in [2.24, 2.45) is 0 Å². The Balaban J connectivity index is 3.30. The average Bonchev–Trinajstić information content (AvgIpc) is 2.34. The molecule has 0 aromatic carbocycles. The van der Waals surface area contributed by atoms with E-state index in [2.05, 4.69) is 11.9 Å². The molecule has 0 heterocycles. The van der Waals surface area contributed by atoms with Gasteiger partial charge in [-0.15, -0.1) is 0 Å². The normalized spacial score (nSPS) is 10.9. The van der Waals surface area contributed by atoms with Crippen LogP contribution in [0.4, 0.5) is 13.2 Å². The Hall–Kier alpha value is -1.53. The molecule has 0 saturated heterocycles. The first-order valence-corrected chi connectivity index (χ1v) is 6.13. The lowest BCUT2D eigenvalue weighted by atomic mass is 10.1. The lowest BCUT2D eigenvalue weighted by molar-refractivity contribution is -0.173. The van der Waals surface area contributed by atoms with Crippen molar-refractivity contribution in [3.8, 4) is 0 Å². The van der Waals surface area contributed by atoms with Crippen molar-refractivity contribution in [1.82, 2.24) is 10.6 Å². The number of alkyl halides is 3. The lowest BCUT2D eigenvalue weighted by Gasteiger charge is -2.07. The fourth-order valence-corrected chi connectivity index (χ4v) is 1.37. The number of carbonyl (C=O) groups is 2. The van der Waals surface area contributed by atoms with Gasteiger partial charge in [-0.05, 0) is 18.9 Å². The first-order valence-electron chi connectivity index (χ1n) is 6.13. The standard InChI is InChI=1S/C12H19F3N2O2/c1-2-10(18)16-8-6-4-3-5-7-9-17-11(19)12(13,14)15/h2H,1,3-9H2,(H,16,18)(H,17,19). The Morgan fingerprint density at radius 2 is 1.42 bits per heavy atom. The van der Waals surface area contributed by atoms with Gasteiger partial charge in [0.2, 0.25) is 5.91 Å². The van der Waals surface area contributed by atoms with E-state index in [0.717, 1.165) is 25.7 Å². The Morgan fingerprint density at radius 1 is 0.947 bits per heavy atom. The Morgan fingerprint density at radius 3 is 1.89 bits per heavy atom. The number of amides is 2. The zero-order valence-corrected chi connectivity index (χ0v) is 10.7. The van der Waals surface area contributed by atoms with Gasteiger partial charge in [-0.1, -0.05) is 25.8 Å². The van der Waals surface area contributed by atoms with Gasteiger partial charge in [0.25, 0.3) is 0 Å². The van der Waals surface area contributed by atoms with Crippen molar-refractivity contribution in [2.75, 3.05) is 13.1 Å². The van der Waals surface area contributed by atoms with Gasteiger partial charge in [-0.25, -0.2) is 0 Å². The molecular formula is C12H19F3N2O2. The number of halogens is 3. The van der Waals surface area contributed by atoms with E-state index in [4.69, 9.17) is 0 Å². The molecule has 2 amide bonds. The van der Waals surface area contributed by atoms with Gasteiger partial charge in [0, 0.05) is 13.1 Å². The summed E-state index contributed by atoms with van der Waals surface area (Å²) < 4.78 is 35.4. The molecule has 0 radical (unpaired) electrons. The summed E-state index contributed by atoms with van der Waals surface area (Å²) in [6, 6.07) is 0. The van der Waals surface area contributed by atoms with E-state index in [0.29, 0.717) is 13.0 Å². The summed E-state index contributed by atoms with van der Waals surface area (Å²) in [5, 5.41) is 4.44. The van der Waals surface area contributed by atoms with Crippen LogP contribution in [-0.2, 0) is 9.59 Å². The van der Waals surface area contributed by atoms with Crippen molar-refractivity contribution >= 4 is 11.8 Å². The molecule has 0 aliphatic rings.